The number of carbonyl (C=O) groups is 1. The van der Waals surface area contributed by atoms with Crippen LogP contribution < -0.4 is 15.2 Å². The fourth-order valence-corrected chi connectivity index (χ4v) is 1.40. The van der Waals surface area contributed by atoms with E-state index in [2.05, 4.69) is 13.8 Å². The van der Waals surface area contributed by atoms with Gasteiger partial charge in [0.1, 0.15) is 11.5 Å². The predicted octanol–water partition coefficient (Wildman–Crippen LogP) is 2.61. The standard InChI is InChI=1S/C14H21NO3/c1-9(2)8-17-12-5-11(14(15)16)6-13(7-12)18-10(3)4/h5-7,9-10H,8H2,1-4H3,(H2,15,16). The van der Waals surface area contributed by atoms with E-state index in [0.717, 1.165) is 0 Å². The molecule has 0 aliphatic rings. The maximum Gasteiger partial charge on any atom is 0.248 e. The Bertz CT molecular complexity index is 414. The zero-order chi connectivity index (χ0) is 13.7. The lowest BCUT2D eigenvalue weighted by Gasteiger charge is -2.14. The molecule has 0 bridgehead atoms. The van der Waals surface area contributed by atoms with E-state index >= 15 is 0 Å². The summed E-state index contributed by atoms with van der Waals surface area (Å²) in [5.74, 6) is 1.13. The third-order valence-electron chi connectivity index (χ3n) is 2.12. The SMILES string of the molecule is CC(C)COc1cc(OC(C)C)cc(C(N)=O)c1. The quantitative estimate of drug-likeness (QED) is 0.845. The van der Waals surface area contributed by atoms with Gasteiger partial charge in [0.05, 0.1) is 12.7 Å². The molecule has 4 nitrogen and oxygen atoms in total. The van der Waals surface area contributed by atoms with Gasteiger partial charge in [-0.05, 0) is 31.9 Å². The smallest absolute Gasteiger partial charge is 0.248 e. The van der Waals surface area contributed by atoms with E-state index in [1.165, 1.54) is 0 Å². The van der Waals surface area contributed by atoms with Gasteiger partial charge in [-0.2, -0.15) is 0 Å². The Labute approximate surface area is 108 Å². The second-order valence-corrected chi connectivity index (χ2v) is 4.93. The number of nitrogens with two attached hydrogens (primary N) is 1. The molecule has 1 aromatic rings. The van der Waals surface area contributed by atoms with Crippen molar-refractivity contribution in [3.63, 3.8) is 0 Å². The van der Waals surface area contributed by atoms with Crippen molar-refractivity contribution in [1.29, 1.82) is 0 Å². The fraction of sp³-hybridized carbons (Fsp3) is 0.500. The van der Waals surface area contributed by atoms with Crippen LogP contribution in [-0.2, 0) is 0 Å². The molecule has 0 atom stereocenters. The molecule has 0 heterocycles. The van der Waals surface area contributed by atoms with Crippen molar-refractivity contribution in [2.24, 2.45) is 11.7 Å². The first kappa shape index (κ1) is 14.4. The van der Waals surface area contributed by atoms with Crippen molar-refractivity contribution in [3.05, 3.63) is 23.8 Å². The minimum atomic E-state index is -0.487. The van der Waals surface area contributed by atoms with Gasteiger partial charge in [-0.15, -0.1) is 0 Å². The molecule has 100 valence electrons. The summed E-state index contributed by atoms with van der Waals surface area (Å²) in [6.45, 7) is 8.55. The number of hydrogen-bond donors (Lipinski definition) is 1. The number of benzene rings is 1. The fourth-order valence-electron chi connectivity index (χ4n) is 1.40. The lowest BCUT2D eigenvalue weighted by Crippen LogP contribution is -2.13. The van der Waals surface area contributed by atoms with Crippen molar-refractivity contribution >= 4 is 5.91 Å². The van der Waals surface area contributed by atoms with E-state index in [4.69, 9.17) is 15.2 Å². The van der Waals surface area contributed by atoms with Crippen LogP contribution >= 0.6 is 0 Å². The van der Waals surface area contributed by atoms with Crippen LogP contribution in [0.25, 0.3) is 0 Å². The molecule has 0 saturated heterocycles. The number of hydrogen-bond acceptors (Lipinski definition) is 3. The largest absolute Gasteiger partial charge is 0.493 e. The van der Waals surface area contributed by atoms with Crippen LogP contribution in [0.1, 0.15) is 38.1 Å². The van der Waals surface area contributed by atoms with Crippen molar-refractivity contribution < 1.29 is 14.3 Å². The van der Waals surface area contributed by atoms with E-state index in [9.17, 15) is 4.79 Å². The first-order valence-electron chi connectivity index (χ1n) is 6.13. The Morgan fingerprint density at radius 1 is 1.17 bits per heavy atom. The number of ether oxygens (including phenoxy) is 2. The molecule has 0 aromatic heterocycles. The molecule has 0 aliphatic carbocycles. The molecule has 0 spiro atoms. The molecule has 0 radical (unpaired) electrons. The van der Waals surface area contributed by atoms with Gasteiger partial charge >= 0.3 is 0 Å². The first-order valence-corrected chi connectivity index (χ1v) is 6.13. The van der Waals surface area contributed by atoms with Crippen molar-refractivity contribution in [2.45, 2.75) is 33.8 Å². The van der Waals surface area contributed by atoms with Crippen molar-refractivity contribution in [2.75, 3.05) is 6.61 Å². The van der Waals surface area contributed by atoms with Crippen LogP contribution in [-0.4, -0.2) is 18.6 Å². The molecule has 0 unspecified atom stereocenters. The average molecular weight is 251 g/mol. The van der Waals surface area contributed by atoms with Gasteiger partial charge in [0.15, 0.2) is 0 Å². The summed E-state index contributed by atoms with van der Waals surface area (Å²) in [5.41, 5.74) is 5.68. The third kappa shape index (κ3) is 4.65. The molecule has 1 rings (SSSR count). The molecule has 0 fully saturated rings. The maximum atomic E-state index is 11.2. The summed E-state index contributed by atoms with van der Waals surface area (Å²) in [4.78, 5) is 11.2. The number of carbonyl (C=O) groups excluding carboxylic acids is 1. The highest BCUT2D eigenvalue weighted by atomic mass is 16.5. The molecule has 2 N–H and O–H groups in total. The minimum Gasteiger partial charge on any atom is -0.493 e. The summed E-state index contributed by atoms with van der Waals surface area (Å²) >= 11 is 0. The number of primary amides is 1. The molecule has 0 saturated carbocycles. The predicted molar refractivity (Wildman–Crippen MR) is 71.1 cm³/mol. The van der Waals surface area contributed by atoms with E-state index < -0.39 is 5.91 Å². The van der Waals surface area contributed by atoms with Crippen LogP contribution in [0.5, 0.6) is 11.5 Å². The van der Waals surface area contributed by atoms with Crippen molar-refractivity contribution in [3.8, 4) is 11.5 Å². The van der Waals surface area contributed by atoms with Crippen LogP contribution in [0.4, 0.5) is 0 Å². The second kappa shape index (κ2) is 6.28. The molecular formula is C14H21NO3. The first-order chi connectivity index (χ1) is 8.38. The van der Waals surface area contributed by atoms with Gasteiger partial charge in [-0.3, -0.25) is 4.79 Å². The van der Waals surface area contributed by atoms with Crippen LogP contribution in [0, 0.1) is 5.92 Å². The minimum absolute atomic E-state index is 0.0334. The van der Waals surface area contributed by atoms with E-state index in [-0.39, 0.29) is 6.10 Å². The summed E-state index contributed by atoms with van der Waals surface area (Å²) in [5, 5.41) is 0. The third-order valence-corrected chi connectivity index (χ3v) is 2.12. The lowest BCUT2D eigenvalue weighted by molar-refractivity contribution is 0.0999. The average Bonchev–Trinajstić information content (AvgIpc) is 2.25. The highest BCUT2D eigenvalue weighted by Gasteiger charge is 2.09. The maximum absolute atomic E-state index is 11.2. The zero-order valence-corrected chi connectivity index (χ0v) is 11.4. The van der Waals surface area contributed by atoms with Gasteiger partial charge in [0.25, 0.3) is 0 Å². The second-order valence-electron chi connectivity index (χ2n) is 4.93. The normalized spacial score (nSPS) is 10.8. The number of amides is 1. The number of rotatable bonds is 6. The van der Waals surface area contributed by atoms with E-state index in [1.807, 2.05) is 13.8 Å². The Hall–Kier alpha value is -1.71. The Balaban J connectivity index is 2.94. The summed E-state index contributed by atoms with van der Waals surface area (Å²) in [7, 11) is 0. The highest BCUT2D eigenvalue weighted by molar-refractivity contribution is 5.93. The van der Waals surface area contributed by atoms with Crippen LogP contribution in [0.3, 0.4) is 0 Å². The van der Waals surface area contributed by atoms with Gasteiger partial charge in [0.2, 0.25) is 5.91 Å². The lowest BCUT2D eigenvalue weighted by atomic mass is 10.2. The van der Waals surface area contributed by atoms with Gasteiger partial charge in [-0.1, -0.05) is 13.8 Å². The van der Waals surface area contributed by atoms with E-state index in [1.54, 1.807) is 18.2 Å². The highest BCUT2D eigenvalue weighted by Crippen LogP contribution is 2.24. The zero-order valence-electron chi connectivity index (χ0n) is 11.4. The molecule has 1 aromatic carbocycles. The van der Waals surface area contributed by atoms with E-state index in [0.29, 0.717) is 29.6 Å². The summed E-state index contributed by atoms with van der Waals surface area (Å²) in [6, 6.07) is 5.04. The van der Waals surface area contributed by atoms with Gasteiger partial charge in [-0.25, -0.2) is 0 Å². The van der Waals surface area contributed by atoms with Crippen LogP contribution in [0.2, 0.25) is 0 Å². The Morgan fingerprint density at radius 3 is 2.28 bits per heavy atom. The molecule has 0 aliphatic heterocycles. The van der Waals surface area contributed by atoms with Gasteiger partial charge < -0.3 is 15.2 Å². The Kier molecular flexibility index (Phi) is 5.01. The summed E-state index contributed by atoms with van der Waals surface area (Å²) < 4.78 is 11.2. The molecular weight excluding hydrogens is 230 g/mol. The van der Waals surface area contributed by atoms with Crippen molar-refractivity contribution in [1.82, 2.24) is 0 Å². The Morgan fingerprint density at radius 2 is 1.78 bits per heavy atom. The molecule has 18 heavy (non-hydrogen) atoms. The topological polar surface area (TPSA) is 61.6 Å². The molecule has 1 amide bonds. The monoisotopic (exact) mass is 251 g/mol. The summed E-state index contributed by atoms with van der Waals surface area (Å²) in [6.07, 6.45) is 0.0334. The molecule has 4 heteroatoms. The van der Waals surface area contributed by atoms with Crippen LogP contribution in [0.15, 0.2) is 18.2 Å². The van der Waals surface area contributed by atoms with Gasteiger partial charge in [0, 0.05) is 11.6 Å².